The van der Waals surface area contributed by atoms with Crippen molar-refractivity contribution in [3.63, 3.8) is 0 Å². The highest BCUT2D eigenvalue weighted by atomic mass is 16.5. The first kappa shape index (κ1) is 12.8. The molecule has 1 saturated carbocycles. The van der Waals surface area contributed by atoms with Crippen molar-refractivity contribution in [3.8, 4) is 0 Å². The average molecular weight is 249 g/mol. The fourth-order valence-corrected chi connectivity index (χ4v) is 2.29. The Morgan fingerprint density at radius 1 is 1.44 bits per heavy atom. The fourth-order valence-electron chi connectivity index (χ4n) is 2.29. The monoisotopic (exact) mass is 249 g/mol. The number of carbonyl (C=O) groups excluding carboxylic acids is 1. The average Bonchev–Trinajstić information content (AvgIpc) is 2.45. The van der Waals surface area contributed by atoms with Gasteiger partial charge in [-0.2, -0.15) is 0 Å². The van der Waals surface area contributed by atoms with Crippen molar-refractivity contribution in [2.45, 2.75) is 32.1 Å². The van der Waals surface area contributed by atoms with Crippen molar-refractivity contribution >= 4 is 11.9 Å². The molecule has 0 aromatic carbocycles. The van der Waals surface area contributed by atoms with Gasteiger partial charge in [-0.05, 0) is 24.8 Å². The maximum Gasteiger partial charge on any atom is 0.356 e. The Labute approximate surface area is 107 Å². The molecule has 0 unspecified atom stereocenters. The van der Waals surface area contributed by atoms with Gasteiger partial charge in [0.2, 0.25) is 5.95 Å². The van der Waals surface area contributed by atoms with E-state index < -0.39 is 5.97 Å². The number of anilines is 1. The topological polar surface area (TPSA) is 64.1 Å². The van der Waals surface area contributed by atoms with Crippen LogP contribution in [0, 0.1) is 5.92 Å². The highest BCUT2D eigenvalue weighted by Gasteiger charge is 2.14. The minimum absolute atomic E-state index is 0.290. The molecule has 1 aromatic rings. The van der Waals surface area contributed by atoms with Crippen LogP contribution in [0.4, 0.5) is 5.95 Å². The van der Waals surface area contributed by atoms with Crippen molar-refractivity contribution in [3.05, 3.63) is 18.0 Å². The third-order valence-electron chi connectivity index (χ3n) is 3.32. The molecule has 1 heterocycles. The number of rotatable bonds is 4. The quantitative estimate of drug-likeness (QED) is 0.829. The Kier molecular flexibility index (Phi) is 4.50. The molecule has 1 aromatic heterocycles. The number of methoxy groups -OCH3 is 1. The Morgan fingerprint density at radius 2 is 2.22 bits per heavy atom. The lowest BCUT2D eigenvalue weighted by atomic mass is 9.89. The van der Waals surface area contributed by atoms with Gasteiger partial charge in [-0.25, -0.2) is 14.8 Å². The first-order valence-corrected chi connectivity index (χ1v) is 6.45. The number of aromatic nitrogens is 2. The summed E-state index contributed by atoms with van der Waals surface area (Å²) in [7, 11) is 1.35. The van der Waals surface area contributed by atoms with Gasteiger partial charge < -0.3 is 10.1 Å². The van der Waals surface area contributed by atoms with E-state index in [0.29, 0.717) is 17.6 Å². The zero-order valence-corrected chi connectivity index (χ0v) is 10.7. The summed E-state index contributed by atoms with van der Waals surface area (Å²) < 4.78 is 4.63. The number of hydrogen-bond donors (Lipinski definition) is 1. The van der Waals surface area contributed by atoms with E-state index >= 15 is 0 Å². The van der Waals surface area contributed by atoms with E-state index in [1.165, 1.54) is 39.2 Å². The van der Waals surface area contributed by atoms with Crippen LogP contribution in [0.2, 0.25) is 0 Å². The fraction of sp³-hybridized carbons (Fsp3) is 0.615. The van der Waals surface area contributed by atoms with Gasteiger partial charge in [-0.15, -0.1) is 0 Å². The van der Waals surface area contributed by atoms with E-state index in [9.17, 15) is 4.79 Å². The summed E-state index contributed by atoms with van der Waals surface area (Å²) in [5, 5.41) is 3.20. The van der Waals surface area contributed by atoms with Crippen molar-refractivity contribution < 1.29 is 9.53 Å². The van der Waals surface area contributed by atoms with E-state index in [-0.39, 0.29) is 0 Å². The SMILES string of the molecule is COC(=O)c1ccnc(NCC2CCCCC2)n1. The summed E-state index contributed by atoms with van der Waals surface area (Å²) in [4.78, 5) is 19.6. The number of carbonyl (C=O) groups is 1. The number of esters is 1. The lowest BCUT2D eigenvalue weighted by Crippen LogP contribution is -2.19. The third kappa shape index (κ3) is 3.42. The van der Waals surface area contributed by atoms with Crippen molar-refractivity contribution in [1.82, 2.24) is 9.97 Å². The van der Waals surface area contributed by atoms with Crippen LogP contribution in [0.3, 0.4) is 0 Å². The molecule has 18 heavy (non-hydrogen) atoms. The largest absolute Gasteiger partial charge is 0.464 e. The van der Waals surface area contributed by atoms with Crippen LogP contribution in [0.1, 0.15) is 42.6 Å². The number of nitrogens with zero attached hydrogens (tertiary/aromatic N) is 2. The summed E-state index contributed by atoms with van der Waals surface area (Å²) in [5.41, 5.74) is 0.290. The molecule has 1 aliphatic rings. The molecule has 0 aliphatic heterocycles. The van der Waals surface area contributed by atoms with Gasteiger partial charge in [-0.3, -0.25) is 0 Å². The zero-order valence-electron chi connectivity index (χ0n) is 10.7. The van der Waals surface area contributed by atoms with Gasteiger partial charge in [0.25, 0.3) is 0 Å². The predicted molar refractivity (Wildman–Crippen MR) is 68.4 cm³/mol. The van der Waals surface area contributed by atoms with Gasteiger partial charge in [-0.1, -0.05) is 19.3 Å². The first-order valence-electron chi connectivity index (χ1n) is 6.45. The highest BCUT2D eigenvalue weighted by molar-refractivity contribution is 5.87. The van der Waals surface area contributed by atoms with Crippen molar-refractivity contribution in [1.29, 1.82) is 0 Å². The maximum atomic E-state index is 11.3. The van der Waals surface area contributed by atoms with Crippen LogP contribution in [0.5, 0.6) is 0 Å². The summed E-state index contributed by atoms with van der Waals surface area (Å²) >= 11 is 0. The molecule has 0 saturated heterocycles. The summed E-state index contributed by atoms with van der Waals surface area (Å²) in [6, 6.07) is 1.55. The van der Waals surface area contributed by atoms with Crippen LogP contribution >= 0.6 is 0 Å². The number of ether oxygens (including phenoxy) is 1. The van der Waals surface area contributed by atoms with Gasteiger partial charge in [0.15, 0.2) is 5.69 Å². The van der Waals surface area contributed by atoms with Crippen LogP contribution in [0.25, 0.3) is 0 Å². The van der Waals surface area contributed by atoms with Crippen LogP contribution < -0.4 is 5.32 Å². The molecule has 5 nitrogen and oxygen atoms in total. The Morgan fingerprint density at radius 3 is 2.94 bits per heavy atom. The Balaban J connectivity index is 1.90. The minimum Gasteiger partial charge on any atom is -0.464 e. The number of nitrogens with one attached hydrogen (secondary N) is 1. The summed E-state index contributed by atoms with van der Waals surface area (Å²) in [5.74, 6) is 0.769. The third-order valence-corrected chi connectivity index (χ3v) is 3.32. The normalized spacial score (nSPS) is 16.3. The van der Waals surface area contributed by atoms with E-state index in [1.807, 2.05) is 0 Å². The molecule has 0 atom stereocenters. The maximum absolute atomic E-state index is 11.3. The zero-order chi connectivity index (χ0) is 12.8. The molecule has 98 valence electrons. The molecular formula is C13H19N3O2. The van der Waals surface area contributed by atoms with E-state index in [2.05, 4.69) is 20.0 Å². The smallest absolute Gasteiger partial charge is 0.356 e. The molecule has 1 N–H and O–H groups in total. The molecule has 0 radical (unpaired) electrons. The summed E-state index contributed by atoms with van der Waals surface area (Å²) in [6.07, 6.45) is 8.09. The summed E-state index contributed by atoms with van der Waals surface area (Å²) in [6.45, 7) is 0.880. The van der Waals surface area contributed by atoms with Gasteiger partial charge in [0.05, 0.1) is 7.11 Å². The minimum atomic E-state index is -0.432. The van der Waals surface area contributed by atoms with Gasteiger partial charge in [0, 0.05) is 12.7 Å². The van der Waals surface area contributed by atoms with Gasteiger partial charge in [0.1, 0.15) is 0 Å². The van der Waals surface area contributed by atoms with E-state index in [1.54, 1.807) is 12.3 Å². The lowest BCUT2D eigenvalue weighted by molar-refractivity contribution is 0.0594. The van der Waals surface area contributed by atoms with Crippen LogP contribution in [0.15, 0.2) is 12.3 Å². The number of hydrogen-bond acceptors (Lipinski definition) is 5. The van der Waals surface area contributed by atoms with E-state index in [4.69, 9.17) is 0 Å². The van der Waals surface area contributed by atoms with E-state index in [0.717, 1.165) is 6.54 Å². The molecule has 0 spiro atoms. The second kappa shape index (κ2) is 6.33. The molecule has 1 fully saturated rings. The molecule has 0 bridgehead atoms. The molecule has 0 amide bonds. The van der Waals surface area contributed by atoms with Crippen LogP contribution in [-0.2, 0) is 4.74 Å². The Hall–Kier alpha value is -1.65. The molecule has 2 rings (SSSR count). The van der Waals surface area contributed by atoms with Crippen molar-refractivity contribution in [2.75, 3.05) is 19.0 Å². The van der Waals surface area contributed by atoms with Crippen LogP contribution in [-0.4, -0.2) is 29.6 Å². The highest BCUT2D eigenvalue weighted by Crippen LogP contribution is 2.23. The second-order valence-electron chi connectivity index (χ2n) is 4.64. The molecule has 1 aliphatic carbocycles. The predicted octanol–water partition coefficient (Wildman–Crippen LogP) is 2.26. The second-order valence-corrected chi connectivity index (χ2v) is 4.64. The van der Waals surface area contributed by atoms with Crippen molar-refractivity contribution in [2.24, 2.45) is 5.92 Å². The Bertz CT molecular complexity index is 403. The molecule has 5 heteroatoms. The first-order chi connectivity index (χ1) is 8.79. The molecular weight excluding hydrogens is 230 g/mol. The standard InChI is InChI=1S/C13H19N3O2/c1-18-12(17)11-7-8-14-13(16-11)15-9-10-5-3-2-4-6-10/h7-8,10H,2-6,9H2,1H3,(H,14,15,16). The van der Waals surface area contributed by atoms with Gasteiger partial charge >= 0.3 is 5.97 Å². The lowest BCUT2D eigenvalue weighted by Gasteiger charge is -2.21.